The molecule has 0 bridgehead atoms. The second-order valence-corrected chi connectivity index (χ2v) is 13.5. The van der Waals surface area contributed by atoms with E-state index in [9.17, 15) is 19.2 Å². The Balaban J connectivity index is 0.000000381. The van der Waals surface area contributed by atoms with Gasteiger partial charge in [0.1, 0.15) is 23.7 Å². The van der Waals surface area contributed by atoms with Crippen molar-refractivity contribution in [3.63, 3.8) is 0 Å². The number of carbonyl (C=O) groups is 4. The van der Waals surface area contributed by atoms with Crippen molar-refractivity contribution in [1.82, 2.24) is 35.1 Å². The molecular formula is C37H50FN9O8. The lowest BCUT2D eigenvalue weighted by molar-refractivity contribution is -0.151. The van der Waals surface area contributed by atoms with Crippen LogP contribution in [-0.4, -0.2) is 138 Å². The average molecular weight is 768 g/mol. The summed E-state index contributed by atoms with van der Waals surface area (Å²) in [4.78, 5) is 61.3. The summed E-state index contributed by atoms with van der Waals surface area (Å²) in [5.41, 5.74) is 2.50. The van der Waals surface area contributed by atoms with E-state index in [1.165, 1.54) is 18.1 Å². The van der Waals surface area contributed by atoms with Crippen LogP contribution in [0.3, 0.4) is 0 Å². The third-order valence-corrected chi connectivity index (χ3v) is 8.97. The number of nitrogens with zero attached hydrogens (tertiary/aromatic N) is 8. The third-order valence-electron chi connectivity index (χ3n) is 8.97. The standard InChI is InChI=1S/C27H30FN7O5.C10H20N2O3/c1-29-9-3-4-21(26(36)38-2)25-13-24(32-40-25)23-8-5-17(14-30-23)20-7-6-18(12-22(20)28)35-16-19(39-27(35)37)15-34-11-10-31-33-34;1-11(2)8-9(13)12(3)7-5-4-6-10(14)15/h5-8,10-12,14,19,21,25,29H,3-4,9,13,15-16H2,1-2H3;4-8H2,1-3H3,(H,14,15)/t19-,21?,25-;/m0./s1. The number of halogens is 1. The van der Waals surface area contributed by atoms with Crippen LogP contribution in [0.1, 0.15) is 44.2 Å². The number of aromatic nitrogens is 4. The van der Waals surface area contributed by atoms with E-state index >= 15 is 4.39 Å². The fourth-order valence-electron chi connectivity index (χ4n) is 6.01. The van der Waals surface area contributed by atoms with E-state index in [1.54, 1.807) is 59.5 Å². The summed E-state index contributed by atoms with van der Waals surface area (Å²) in [5, 5.41) is 23.3. The minimum Gasteiger partial charge on any atom is -0.481 e. The number of amides is 2. The van der Waals surface area contributed by atoms with Crippen LogP contribution in [0.25, 0.3) is 11.1 Å². The van der Waals surface area contributed by atoms with Gasteiger partial charge < -0.3 is 34.5 Å². The number of likely N-dealkylation sites (N-methyl/N-ethyl adjacent to an activating group) is 2. The second kappa shape index (κ2) is 20.8. The summed E-state index contributed by atoms with van der Waals surface area (Å²) < 4.78 is 27.1. The number of carboxylic acid groups (broad SMARTS) is 1. The Hall–Kier alpha value is -5.49. The molecule has 0 radical (unpaired) electrons. The molecule has 1 aromatic carbocycles. The number of carboxylic acids is 1. The van der Waals surface area contributed by atoms with Crippen LogP contribution in [0.2, 0.25) is 0 Å². The van der Waals surface area contributed by atoms with Crippen LogP contribution in [-0.2, 0) is 35.2 Å². The van der Waals surface area contributed by atoms with Gasteiger partial charge in [0.05, 0.1) is 50.2 Å². The van der Waals surface area contributed by atoms with Crippen LogP contribution in [0, 0.1) is 11.7 Å². The molecule has 2 aromatic heterocycles. The molecule has 4 heterocycles. The number of benzene rings is 1. The fraction of sp³-hybridized carbons (Fsp3) is 0.514. The lowest BCUT2D eigenvalue weighted by Crippen LogP contribution is -2.35. The van der Waals surface area contributed by atoms with Gasteiger partial charge in [0.2, 0.25) is 5.91 Å². The van der Waals surface area contributed by atoms with Crippen molar-refractivity contribution >= 4 is 35.3 Å². The highest BCUT2D eigenvalue weighted by Gasteiger charge is 2.36. The van der Waals surface area contributed by atoms with Crippen LogP contribution in [0.15, 0.2) is 54.1 Å². The largest absolute Gasteiger partial charge is 0.481 e. The van der Waals surface area contributed by atoms with Gasteiger partial charge in [0, 0.05) is 50.0 Å². The maximum Gasteiger partial charge on any atom is 0.414 e. The number of rotatable bonds is 18. The molecular weight excluding hydrogens is 717 g/mol. The van der Waals surface area contributed by atoms with Crippen LogP contribution in [0.5, 0.6) is 0 Å². The number of unbranched alkanes of at least 4 members (excludes halogenated alkanes) is 1. The molecule has 1 fully saturated rings. The lowest BCUT2D eigenvalue weighted by atomic mass is 9.92. The Morgan fingerprint density at radius 3 is 2.58 bits per heavy atom. The van der Waals surface area contributed by atoms with E-state index in [1.807, 2.05) is 26.0 Å². The summed E-state index contributed by atoms with van der Waals surface area (Å²) in [6, 6.07) is 8.08. The highest BCUT2D eigenvalue weighted by Crippen LogP contribution is 2.30. The van der Waals surface area contributed by atoms with Crippen molar-refractivity contribution < 1.29 is 43.0 Å². The number of ether oxygens (including phenoxy) is 2. The Labute approximate surface area is 319 Å². The molecule has 0 aliphatic carbocycles. The predicted octanol–water partition coefficient (Wildman–Crippen LogP) is 3.05. The average Bonchev–Trinajstić information content (AvgIpc) is 3.94. The number of hydrogen-bond donors (Lipinski definition) is 2. The van der Waals surface area contributed by atoms with Crippen molar-refractivity contribution in [2.45, 2.75) is 57.3 Å². The van der Waals surface area contributed by atoms with E-state index in [4.69, 9.17) is 19.4 Å². The third kappa shape index (κ3) is 12.5. The number of aliphatic carboxylic acids is 1. The smallest absolute Gasteiger partial charge is 0.414 e. The van der Waals surface area contributed by atoms with Gasteiger partial charge in [-0.15, -0.1) is 5.10 Å². The maximum atomic E-state index is 15.2. The summed E-state index contributed by atoms with van der Waals surface area (Å²) in [5.74, 6) is -1.97. The molecule has 1 saturated heterocycles. The molecule has 2 aliphatic rings. The summed E-state index contributed by atoms with van der Waals surface area (Å²) >= 11 is 0. The van der Waals surface area contributed by atoms with Gasteiger partial charge in [-0.05, 0) is 77.6 Å². The van der Waals surface area contributed by atoms with Crippen LogP contribution in [0.4, 0.5) is 14.9 Å². The maximum absolute atomic E-state index is 15.2. The molecule has 2 amide bonds. The molecule has 1 unspecified atom stereocenters. The second-order valence-electron chi connectivity index (χ2n) is 13.5. The van der Waals surface area contributed by atoms with Gasteiger partial charge in [-0.3, -0.25) is 24.3 Å². The Bertz CT molecular complexity index is 1760. The van der Waals surface area contributed by atoms with E-state index in [0.29, 0.717) is 67.1 Å². The molecule has 18 heteroatoms. The zero-order valence-electron chi connectivity index (χ0n) is 31.9. The van der Waals surface area contributed by atoms with Gasteiger partial charge in [-0.1, -0.05) is 16.4 Å². The molecule has 2 aliphatic heterocycles. The van der Waals surface area contributed by atoms with Crippen molar-refractivity contribution in [3.05, 3.63) is 60.4 Å². The number of carbonyl (C=O) groups excluding carboxylic acids is 3. The molecule has 0 spiro atoms. The number of esters is 1. The first kappa shape index (κ1) is 42.3. The number of methoxy groups -OCH3 is 1. The fourth-order valence-corrected chi connectivity index (χ4v) is 6.01. The number of cyclic esters (lactones) is 1. The first-order valence-corrected chi connectivity index (χ1v) is 18.0. The summed E-state index contributed by atoms with van der Waals surface area (Å²) in [7, 11) is 8.65. The minimum atomic E-state index is -0.780. The molecule has 55 heavy (non-hydrogen) atoms. The van der Waals surface area contributed by atoms with E-state index < -0.39 is 36.0 Å². The van der Waals surface area contributed by atoms with E-state index in [0.717, 1.165) is 19.4 Å². The van der Waals surface area contributed by atoms with Gasteiger partial charge >= 0.3 is 18.0 Å². The SMILES string of the molecule is CN(C)CC(=O)N(C)CCCCC(=O)O.CNCCCC(C(=O)OC)[C@@H]1CC(c2ccc(-c3ccc(N4C[C@H](Cn5ccnn5)OC4=O)cc3F)cn2)=NO1. The van der Waals surface area contributed by atoms with Gasteiger partial charge in [0.15, 0.2) is 0 Å². The molecule has 3 aromatic rings. The van der Waals surface area contributed by atoms with Crippen LogP contribution >= 0.6 is 0 Å². The lowest BCUT2D eigenvalue weighted by Gasteiger charge is -2.19. The Morgan fingerprint density at radius 2 is 1.95 bits per heavy atom. The van der Waals surface area contributed by atoms with Crippen molar-refractivity contribution in [2.24, 2.45) is 11.1 Å². The van der Waals surface area contributed by atoms with E-state index in [2.05, 4.69) is 25.8 Å². The number of nitrogens with one attached hydrogen (secondary N) is 1. The molecule has 17 nitrogen and oxygen atoms in total. The summed E-state index contributed by atoms with van der Waals surface area (Å²) in [6.45, 7) is 2.43. The Morgan fingerprint density at radius 1 is 1.15 bits per heavy atom. The number of hydrogen-bond acceptors (Lipinski definition) is 13. The highest BCUT2D eigenvalue weighted by molar-refractivity contribution is 6.00. The first-order chi connectivity index (χ1) is 26.4. The number of oxime groups is 1. The zero-order chi connectivity index (χ0) is 39.9. The molecule has 3 atom stereocenters. The van der Waals surface area contributed by atoms with Crippen molar-refractivity contribution in [1.29, 1.82) is 0 Å². The van der Waals surface area contributed by atoms with Gasteiger partial charge in [-0.2, -0.15) is 0 Å². The van der Waals surface area contributed by atoms with E-state index in [-0.39, 0.29) is 24.8 Å². The topological polar surface area (TPSA) is 194 Å². The number of pyridine rings is 1. The molecule has 0 saturated carbocycles. The monoisotopic (exact) mass is 767 g/mol. The molecule has 2 N–H and O–H groups in total. The minimum absolute atomic E-state index is 0.0651. The van der Waals surface area contributed by atoms with Gasteiger partial charge in [-0.25, -0.2) is 13.9 Å². The quantitative estimate of drug-likeness (QED) is 0.142. The molecule has 298 valence electrons. The first-order valence-electron chi connectivity index (χ1n) is 18.0. The van der Waals surface area contributed by atoms with Crippen molar-refractivity contribution in [3.8, 4) is 11.1 Å². The van der Waals surface area contributed by atoms with Crippen LogP contribution < -0.4 is 10.2 Å². The zero-order valence-corrected chi connectivity index (χ0v) is 31.9. The summed E-state index contributed by atoms with van der Waals surface area (Å²) in [6.07, 6.45) is 6.75. The number of anilines is 1. The normalized spacial score (nSPS) is 16.8. The van der Waals surface area contributed by atoms with Crippen molar-refractivity contribution in [2.75, 3.05) is 66.4 Å². The predicted molar refractivity (Wildman–Crippen MR) is 200 cm³/mol. The Kier molecular flexibility index (Phi) is 16.0. The van der Waals surface area contributed by atoms with Gasteiger partial charge in [0.25, 0.3) is 0 Å². The highest BCUT2D eigenvalue weighted by atomic mass is 19.1. The molecule has 5 rings (SSSR count).